The first-order valence-corrected chi connectivity index (χ1v) is 10.7. The molecular formula is C20H31N3O2S. The zero-order valence-electron chi connectivity index (χ0n) is 16.0. The molecule has 1 fully saturated rings. The second-order valence-electron chi connectivity index (χ2n) is 6.78. The van der Waals surface area contributed by atoms with Gasteiger partial charge in [-0.05, 0) is 36.8 Å². The van der Waals surface area contributed by atoms with Gasteiger partial charge >= 0.3 is 6.03 Å². The van der Waals surface area contributed by atoms with Crippen molar-refractivity contribution in [2.45, 2.75) is 39.7 Å². The first-order chi connectivity index (χ1) is 12.6. The van der Waals surface area contributed by atoms with Crippen LogP contribution >= 0.6 is 11.8 Å². The summed E-state index contributed by atoms with van der Waals surface area (Å²) in [5.74, 6) is 2.21. The molecule has 26 heavy (non-hydrogen) atoms. The van der Waals surface area contributed by atoms with Crippen molar-refractivity contribution in [3.05, 3.63) is 35.4 Å². The molecule has 1 aliphatic heterocycles. The van der Waals surface area contributed by atoms with Gasteiger partial charge in [-0.3, -0.25) is 4.79 Å². The number of thioether (sulfide) groups is 1. The first kappa shape index (κ1) is 20.6. The minimum absolute atomic E-state index is 0.0447. The fraction of sp³-hybridized carbons (Fsp3) is 0.600. The summed E-state index contributed by atoms with van der Waals surface area (Å²) < 4.78 is 0. The molecule has 2 rings (SSSR count). The number of benzene rings is 1. The van der Waals surface area contributed by atoms with Gasteiger partial charge in [-0.1, -0.05) is 43.2 Å². The Morgan fingerprint density at radius 1 is 1.19 bits per heavy atom. The van der Waals surface area contributed by atoms with E-state index in [1.807, 2.05) is 41.8 Å². The lowest BCUT2D eigenvalue weighted by Gasteiger charge is -2.18. The highest BCUT2D eigenvalue weighted by Crippen LogP contribution is 2.14. The maximum Gasteiger partial charge on any atom is 0.320 e. The molecule has 1 saturated heterocycles. The highest BCUT2D eigenvalue weighted by Gasteiger charge is 2.29. The molecule has 1 N–H and O–H groups in total. The summed E-state index contributed by atoms with van der Waals surface area (Å²) in [5, 5.41) is 2.93. The molecular weight excluding hydrogens is 346 g/mol. The Kier molecular flexibility index (Phi) is 8.81. The summed E-state index contributed by atoms with van der Waals surface area (Å²) in [6, 6.07) is 8.15. The Morgan fingerprint density at radius 3 is 2.73 bits per heavy atom. The molecule has 0 radical (unpaired) electrons. The van der Waals surface area contributed by atoms with E-state index in [1.54, 1.807) is 4.90 Å². The standard InChI is InChI=1S/C20H31N3O2S/c1-3-4-12-26-13-6-9-21-19(24)16-23-11-10-22(20(23)25)15-18-8-5-7-17(2)14-18/h5,7-8,14H,3-4,6,9-13,15-16H2,1-2H3,(H,21,24). The predicted octanol–water partition coefficient (Wildman–Crippen LogP) is 3.27. The Hall–Kier alpha value is -1.69. The van der Waals surface area contributed by atoms with Crippen LogP contribution in [0.3, 0.4) is 0 Å². The third-order valence-corrected chi connectivity index (χ3v) is 5.56. The number of nitrogens with one attached hydrogen (secondary N) is 1. The highest BCUT2D eigenvalue weighted by atomic mass is 32.2. The summed E-state index contributed by atoms with van der Waals surface area (Å²) in [6.07, 6.45) is 3.47. The molecule has 0 atom stereocenters. The summed E-state index contributed by atoms with van der Waals surface area (Å²) >= 11 is 1.94. The first-order valence-electron chi connectivity index (χ1n) is 9.54. The average Bonchev–Trinajstić information content (AvgIpc) is 2.94. The number of nitrogens with zero attached hydrogens (tertiary/aromatic N) is 2. The van der Waals surface area contributed by atoms with E-state index in [1.165, 1.54) is 24.2 Å². The van der Waals surface area contributed by atoms with Gasteiger partial charge in [0.2, 0.25) is 5.91 Å². The molecule has 0 bridgehead atoms. The number of carbonyl (C=O) groups excluding carboxylic acids is 2. The lowest BCUT2D eigenvalue weighted by Crippen LogP contribution is -2.40. The van der Waals surface area contributed by atoms with E-state index >= 15 is 0 Å². The quantitative estimate of drug-likeness (QED) is 0.602. The molecule has 1 aromatic carbocycles. The molecule has 6 heteroatoms. The number of aryl methyl sites for hydroxylation is 1. The number of hydrogen-bond acceptors (Lipinski definition) is 3. The second-order valence-corrected chi connectivity index (χ2v) is 8.01. The molecule has 1 aromatic rings. The van der Waals surface area contributed by atoms with Crippen LogP contribution in [0, 0.1) is 6.92 Å². The maximum absolute atomic E-state index is 12.5. The van der Waals surface area contributed by atoms with Crippen molar-refractivity contribution < 1.29 is 9.59 Å². The molecule has 0 aliphatic carbocycles. The predicted molar refractivity (Wildman–Crippen MR) is 108 cm³/mol. The van der Waals surface area contributed by atoms with Gasteiger partial charge in [-0.15, -0.1) is 0 Å². The third kappa shape index (κ3) is 6.90. The monoisotopic (exact) mass is 377 g/mol. The number of urea groups is 1. The van der Waals surface area contributed by atoms with E-state index in [4.69, 9.17) is 0 Å². The summed E-state index contributed by atoms with van der Waals surface area (Å²) in [7, 11) is 0. The number of unbranched alkanes of at least 4 members (excludes halogenated alkanes) is 1. The van der Waals surface area contributed by atoms with E-state index in [0.29, 0.717) is 26.2 Å². The topological polar surface area (TPSA) is 52.7 Å². The second kappa shape index (κ2) is 11.1. The minimum Gasteiger partial charge on any atom is -0.355 e. The van der Waals surface area contributed by atoms with E-state index in [9.17, 15) is 9.59 Å². The highest BCUT2D eigenvalue weighted by molar-refractivity contribution is 7.99. The van der Waals surface area contributed by atoms with Crippen molar-refractivity contribution in [2.24, 2.45) is 0 Å². The van der Waals surface area contributed by atoms with Crippen molar-refractivity contribution in [3.63, 3.8) is 0 Å². The average molecular weight is 378 g/mol. The molecule has 0 unspecified atom stereocenters. The van der Waals surface area contributed by atoms with Crippen LogP contribution in [-0.2, 0) is 11.3 Å². The van der Waals surface area contributed by atoms with Crippen LogP contribution < -0.4 is 5.32 Å². The summed E-state index contributed by atoms with van der Waals surface area (Å²) in [6.45, 7) is 6.99. The Labute approximate surface area is 161 Å². The smallest absolute Gasteiger partial charge is 0.320 e. The van der Waals surface area contributed by atoms with E-state index < -0.39 is 0 Å². The van der Waals surface area contributed by atoms with Crippen molar-refractivity contribution in [3.8, 4) is 0 Å². The molecule has 0 spiro atoms. The van der Waals surface area contributed by atoms with Gasteiger partial charge in [0.05, 0.1) is 0 Å². The molecule has 5 nitrogen and oxygen atoms in total. The SMILES string of the molecule is CCCCSCCCNC(=O)CN1CCN(Cc2cccc(C)c2)C1=O. The van der Waals surface area contributed by atoms with Crippen LogP contribution in [0.4, 0.5) is 4.79 Å². The van der Waals surface area contributed by atoms with Crippen molar-refractivity contribution in [2.75, 3.05) is 37.7 Å². The number of carbonyl (C=O) groups is 2. The molecule has 1 heterocycles. The Morgan fingerprint density at radius 2 is 1.96 bits per heavy atom. The van der Waals surface area contributed by atoms with Crippen LogP contribution in [-0.4, -0.2) is 59.4 Å². The molecule has 0 saturated carbocycles. The lowest BCUT2D eigenvalue weighted by molar-refractivity contribution is -0.121. The van der Waals surface area contributed by atoms with Crippen LogP contribution in [0.1, 0.15) is 37.3 Å². The van der Waals surface area contributed by atoms with E-state index in [0.717, 1.165) is 17.7 Å². The van der Waals surface area contributed by atoms with Gasteiger partial charge in [-0.25, -0.2) is 4.79 Å². The third-order valence-electron chi connectivity index (χ3n) is 4.40. The molecule has 1 aliphatic rings. The fourth-order valence-corrected chi connectivity index (χ4v) is 3.98. The molecule has 3 amide bonds. The number of rotatable bonds is 11. The van der Waals surface area contributed by atoms with Crippen LogP contribution in [0.25, 0.3) is 0 Å². The molecule has 0 aromatic heterocycles. The zero-order chi connectivity index (χ0) is 18.8. The van der Waals surface area contributed by atoms with Crippen LogP contribution in [0.5, 0.6) is 0 Å². The lowest BCUT2D eigenvalue weighted by atomic mass is 10.1. The number of hydrogen-bond donors (Lipinski definition) is 1. The van der Waals surface area contributed by atoms with Crippen LogP contribution in [0.2, 0.25) is 0 Å². The summed E-state index contributed by atoms with van der Waals surface area (Å²) in [5.41, 5.74) is 2.32. The Balaban J connectivity index is 1.65. The van der Waals surface area contributed by atoms with Gasteiger partial charge in [0.15, 0.2) is 0 Å². The zero-order valence-corrected chi connectivity index (χ0v) is 16.8. The van der Waals surface area contributed by atoms with Crippen molar-refractivity contribution >= 4 is 23.7 Å². The molecule has 144 valence electrons. The van der Waals surface area contributed by atoms with Crippen molar-refractivity contribution in [1.82, 2.24) is 15.1 Å². The maximum atomic E-state index is 12.5. The Bertz CT molecular complexity index is 594. The van der Waals surface area contributed by atoms with Gasteiger partial charge in [0.25, 0.3) is 0 Å². The van der Waals surface area contributed by atoms with Crippen LogP contribution in [0.15, 0.2) is 24.3 Å². The van der Waals surface area contributed by atoms with Gasteiger partial charge in [0.1, 0.15) is 6.54 Å². The van der Waals surface area contributed by atoms with E-state index in [2.05, 4.69) is 18.3 Å². The fourth-order valence-electron chi connectivity index (χ4n) is 2.94. The number of amides is 3. The minimum atomic E-state index is -0.0608. The van der Waals surface area contributed by atoms with E-state index in [-0.39, 0.29) is 18.5 Å². The van der Waals surface area contributed by atoms with Gasteiger partial charge in [0, 0.05) is 26.2 Å². The van der Waals surface area contributed by atoms with Crippen molar-refractivity contribution in [1.29, 1.82) is 0 Å². The van der Waals surface area contributed by atoms with Gasteiger partial charge in [-0.2, -0.15) is 11.8 Å². The summed E-state index contributed by atoms with van der Waals surface area (Å²) in [4.78, 5) is 28.0. The van der Waals surface area contributed by atoms with Gasteiger partial charge < -0.3 is 15.1 Å². The normalized spacial score (nSPS) is 14.2. The largest absolute Gasteiger partial charge is 0.355 e.